The number of ether oxygens (including phenoxy) is 1. The van der Waals surface area contributed by atoms with Crippen molar-refractivity contribution < 1.29 is 9.84 Å². The second kappa shape index (κ2) is 6.76. The summed E-state index contributed by atoms with van der Waals surface area (Å²) in [5, 5.41) is 14.6. The summed E-state index contributed by atoms with van der Waals surface area (Å²) in [4.78, 5) is 4.89. The summed E-state index contributed by atoms with van der Waals surface area (Å²) in [5.74, 6) is 0.901. The summed E-state index contributed by atoms with van der Waals surface area (Å²) in [6, 6.07) is 1.82. The van der Waals surface area contributed by atoms with E-state index in [0.29, 0.717) is 17.9 Å². The average Bonchev–Trinajstić information content (AvgIpc) is 2.94. The Bertz CT molecular complexity index is 557. The van der Waals surface area contributed by atoms with E-state index in [-0.39, 0.29) is 5.92 Å². The van der Waals surface area contributed by atoms with Gasteiger partial charge in [0, 0.05) is 11.8 Å². The van der Waals surface area contributed by atoms with Gasteiger partial charge in [0.15, 0.2) is 0 Å². The van der Waals surface area contributed by atoms with Crippen molar-refractivity contribution in [2.45, 2.75) is 39.2 Å². The molecule has 0 aromatic carbocycles. The third-order valence-electron chi connectivity index (χ3n) is 2.86. The number of aromatic nitrogens is 3. The molecule has 0 amide bonds. The minimum Gasteiger partial charge on any atom is -0.492 e. The van der Waals surface area contributed by atoms with Crippen LogP contribution in [0.4, 0.5) is 0 Å². The Morgan fingerprint density at radius 2 is 2.15 bits per heavy atom. The molecule has 1 N–H and O–H groups in total. The summed E-state index contributed by atoms with van der Waals surface area (Å²) in [5.41, 5.74) is 1.54. The topological polar surface area (TPSA) is 68.1 Å². The van der Waals surface area contributed by atoms with Crippen LogP contribution in [0, 0.1) is 0 Å². The van der Waals surface area contributed by atoms with E-state index >= 15 is 0 Å². The molecule has 0 saturated heterocycles. The fourth-order valence-electron chi connectivity index (χ4n) is 1.83. The Hall–Kier alpha value is -1.53. The molecular weight excluding hydrogens is 274 g/mol. The van der Waals surface area contributed by atoms with Gasteiger partial charge in [-0.3, -0.25) is 4.98 Å². The second-order valence-electron chi connectivity index (χ2n) is 4.88. The van der Waals surface area contributed by atoms with Crippen molar-refractivity contribution >= 4 is 11.5 Å². The first-order valence-corrected chi connectivity index (χ1v) is 7.48. The molecular formula is C14H19N3O2S. The summed E-state index contributed by atoms with van der Waals surface area (Å²) in [7, 11) is 0. The van der Waals surface area contributed by atoms with Gasteiger partial charge in [-0.25, -0.2) is 0 Å². The van der Waals surface area contributed by atoms with E-state index < -0.39 is 6.10 Å². The molecule has 2 aromatic rings. The molecule has 1 unspecified atom stereocenters. The smallest absolute Gasteiger partial charge is 0.137 e. The van der Waals surface area contributed by atoms with Gasteiger partial charge in [-0.2, -0.15) is 0 Å². The maximum absolute atomic E-state index is 10.5. The van der Waals surface area contributed by atoms with Gasteiger partial charge in [0.1, 0.15) is 11.9 Å². The monoisotopic (exact) mass is 293 g/mol. The van der Waals surface area contributed by atoms with Crippen LogP contribution in [-0.2, 0) is 0 Å². The number of aliphatic hydroxyl groups excluding tert-OH is 1. The maximum atomic E-state index is 10.5. The number of nitrogens with zero attached hydrogens (tertiary/aromatic N) is 3. The van der Waals surface area contributed by atoms with Gasteiger partial charge in [-0.05, 0) is 29.9 Å². The van der Waals surface area contributed by atoms with Crippen molar-refractivity contribution in [2.24, 2.45) is 0 Å². The number of rotatable bonds is 6. The molecule has 0 spiro atoms. The average molecular weight is 293 g/mol. The molecule has 0 aliphatic rings. The van der Waals surface area contributed by atoms with E-state index in [1.807, 2.05) is 26.8 Å². The molecule has 1 atom stereocenters. The lowest BCUT2D eigenvalue weighted by Crippen LogP contribution is -2.04. The minimum absolute atomic E-state index is 0.228. The zero-order valence-electron chi connectivity index (χ0n) is 11.9. The Kier molecular flexibility index (Phi) is 5.03. The summed E-state index contributed by atoms with van der Waals surface area (Å²) < 4.78 is 9.48. The molecule has 20 heavy (non-hydrogen) atoms. The second-order valence-corrected chi connectivity index (χ2v) is 5.67. The van der Waals surface area contributed by atoms with Crippen LogP contribution in [0.25, 0.3) is 0 Å². The highest BCUT2D eigenvalue weighted by Gasteiger charge is 2.21. The van der Waals surface area contributed by atoms with Crippen LogP contribution in [0.5, 0.6) is 5.75 Å². The Morgan fingerprint density at radius 1 is 1.35 bits per heavy atom. The molecule has 5 nitrogen and oxygen atoms in total. The highest BCUT2D eigenvalue weighted by atomic mass is 32.1. The van der Waals surface area contributed by atoms with Crippen LogP contribution in [0.2, 0.25) is 0 Å². The van der Waals surface area contributed by atoms with E-state index in [0.717, 1.165) is 17.0 Å². The molecule has 0 saturated carbocycles. The molecule has 0 radical (unpaired) electrons. The third-order valence-corrected chi connectivity index (χ3v) is 3.65. The SMILES string of the molecule is CCCOc1cncc(C(O)c2snnc2C(C)C)c1. The fourth-order valence-corrected chi connectivity index (χ4v) is 2.65. The summed E-state index contributed by atoms with van der Waals surface area (Å²) >= 11 is 1.22. The van der Waals surface area contributed by atoms with Crippen molar-refractivity contribution in [2.75, 3.05) is 6.61 Å². The van der Waals surface area contributed by atoms with Gasteiger partial charge in [-0.15, -0.1) is 5.10 Å². The lowest BCUT2D eigenvalue weighted by Gasteiger charge is -2.12. The van der Waals surface area contributed by atoms with Crippen LogP contribution < -0.4 is 4.74 Å². The standard InChI is InChI=1S/C14H19N3O2S/c1-4-5-19-11-6-10(7-15-8-11)13(18)14-12(9(2)3)16-17-20-14/h6-9,13,18H,4-5H2,1-3H3. The van der Waals surface area contributed by atoms with Crippen molar-refractivity contribution in [1.82, 2.24) is 14.6 Å². The predicted octanol–water partition coefficient (Wildman–Crippen LogP) is 2.93. The van der Waals surface area contributed by atoms with Crippen molar-refractivity contribution in [3.63, 3.8) is 0 Å². The molecule has 2 rings (SSSR count). The molecule has 0 aliphatic carbocycles. The van der Waals surface area contributed by atoms with Crippen LogP contribution in [0.3, 0.4) is 0 Å². The van der Waals surface area contributed by atoms with Gasteiger partial charge < -0.3 is 9.84 Å². The van der Waals surface area contributed by atoms with Gasteiger partial charge >= 0.3 is 0 Å². The maximum Gasteiger partial charge on any atom is 0.137 e. The van der Waals surface area contributed by atoms with Crippen LogP contribution in [-0.4, -0.2) is 26.3 Å². The largest absolute Gasteiger partial charge is 0.492 e. The number of pyridine rings is 1. The van der Waals surface area contributed by atoms with E-state index in [9.17, 15) is 5.11 Å². The molecule has 0 bridgehead atoms. The molecule has 108 valence electrons. The lowest BCUT2D eigenvalue weighted by atomic mass is 10.0. The zero-order chi connectivity index (χ0) is 14.5. The fraction of sp³-hybridized carbons (Fsp3) is 0.500. The highest BCUT2D eigenvalue weighted by Crippen LogP contribution is 2.31. The molecule has 2 aromatic heterocycles. The minimum atomic E-state index is -0.759. The van der Waals surface area contributed by atoms with Crippen molar-refractivity contribution in [3.05, 3.63) is 34.6 Å². The van der Waals surface area contributed by atoms with E-state index in [1.165, 1.54) is 11.5 Å². The van der Waals surface area contributed by atoms with Crippen molar-refractivity contribution in [1.29, 1.82) is 0 Å². The number of hydrogen-bond donors (Lipinski definition) is 1. The molecule has 0 aliphatic heterocycles. The van der Waals surface area contributed by atoms with Crippen LogP contribution >= 0.6 is 11.5 Å². The normalized spacial score (nSPS) is 12.7. The van der Waals surface area contributed by atoms with E-state index in [2.05, 4.69) is 14.6 Å². The Balaban J connectivity index is 2.24. The van der Waals surface area contributed by atoms with Gasteiger partial charge in [-0.1, -0.05) is 25.3 Å². The Labute approximate surface area is 122 Å². The van der Waals surface area contributed by atoms with E-state index in [1.54, 1.807) is 12.4 Å². The van der Waals surface area contributed by atoms with Crippen LogP contribution in [0.1, 0.15) is 55.3 Å². The molecule has 2 heterocycles. The Morgan fingerprint density at radius 3 is 2.85 bits per heavy atom. The zero-order valence-corrected chi connectivity index (χ0v) is 12.7. The first-order chi connectivity index (χ1) is 9.63. The molecule has 6 heteroatoms. The number of hydrogen-bond acceptors (Lipinski definition) is 6. The van der Waals surface area contributed by atoms with Crippen molar-refractivity contribution in [3.8, 4) is 5.75 Å². The highest BCUT2D eigenvalue weighted by molar-refractivity contribution is 7.05. The van der Waals surface area contributed by atoms with Gasteiger partial charge in [0.25, 0.3) is 0 Å². The summed E-state index contributed by atoms with van der Waals surface area (Å²) in [6.07, 6.45) is 3.47. The van der Waals surface area contributed by atoms with Crippen LogP contribution in [0.15, 0.2) is 18.5 Å². The first-order valence-electron chi connectivity index (χ1n) is 6.71. The quantitative estimate of drug-likeness (QED) is 0.887. The third kappa shape index (κ3) is 3.32. The van der Waals surface area contributed by atoms with E-state index in [4.69, 9.17) is 4.74 Å². The number of aliphatic hydroxyl groups is 1. The molecule has 0 fully saturated rings. The van der Waals surface area contributed by atoms with Gasteiger partial charge in [0.2, 0.25) is 0 Å². The van der Waals surface area contributed by atoms with Gasteiger partial charge in [0.05, 0.1) is 23.4 Å². The lowest BCUT2D eigenvalue weighted by molar-refractivity contribution is 0.220. The summed E-state index contributed by atoms with van der Waals surface area (Å²) in [6.45, 7) is 6.75. The predicted molar refractivity (Wildman–Crippen MR) is 78.1 cm³/mol. The first kappa shape index (κ1) is 14.9.